The molecule has 2 rings (SSSR count). The average molecular weight is 294 g/mol. The molecule has 1 aliphatic heterocycles. The van der Waals surface area contributed by atoms with E-state index in [2.05, 4.69) is 10.1 Å². The number of non-ortho nitro benzene ring substituents is 1. The first kappa shape index (κ1) is 14.9. The fraction of sp³-hybridized carbons (Fsp3) is 0.385. The van der Waals surface area contributed by atoms with Gasteiger partial charge >= 0.3 is 11.9 Å². The molecule has 2 atom stereocenters. The van der Waals surface area contributed by atoms with Crippen LogP contribution in [0.5, 0.6) is 0 Å². The van der Waals surface area contributed by atoms with E-state index < -0.39 is 29.0 Å². The molecule has 0 unspecified atom stereocenters. The van der Waals surface area contributed by atoms with Gasteiger partial charge < -0.3 is 14.8 Å². The van der Waals surface area contributed by atoms with Gasteiger partial charge in [0.2, 0.25) is 0 Å². The Morgan fingerprint density at radius 3 is 2.57 bits per heavy atom. The zero-order valence-electron chi connectivity index (χ0n) is 11.3. The maximum atomic E-state index is 12.0. The number of benzene rings is 1. The normalized spacial score (nSPS) is 20.8. The number of carbonyl (C=O) groups excluding carboxylic acids is 2. The SMILES string of the molecule is COC(=O)[C@H]1NCC[C@H]1OC(=O)c1ccc([N+](=O)[O-])cc1. The summed E-state index contributed by atoms with van der Waals surface area (Å²) in [7, 11) is 1.26. The summed E-state index contributed by atoms with van der Waals surface area (Å²) < 4.78 is 9.89. The number of nitro benzene ring substituents is 1. The van der Waals surface area contributed by atoms with Crippen LogP contribution in [0.15, 0.2) is 24.3 Å². The van der Waals surface area contributed by atoms with Gasteiger partial charge in [-0.3, -0.25) is 14.9 Å². The number of hydrogen-bond donors (Lipinski definition) is 1. The first-order valence-electron chi connectivity index (χ1n) is 6.29. The molecule has 1 aliphatic rings. The van der Waals surface area contributed by atoms with Crippen molar-refractivity contribution in [3.05, 3.63) is 39.9 Å². The van der Waals surface area contributed by atoms with Crippen molar-refractivity contribution in [3.8, 4) is 0 Å². The quantitative estimate of drug-likeness (QED) is 0.493. The molecule has 0 amide bonds. The van der Waals surface area contributed by atoms with Crippen LogP contribution in [0.25, 0.3) is 0 Å². The van der Waals surface area contributed by atoms with E-state index in [-0.39, 0.29) is 11.3 Å². The molecule has 1 aromatic carbocycles. The highest BCUT2D eigenvalue weighted by Crippen LogP contribution is 2.17. The molecule has 0 bridgehead atoms. The van der Waals surface area contributed by atoms with Gasteiger partial charge in [-0.2, -0.15) is 0 Å². The molecule has 8 nitrogen and oxygen atoms in total. The van der Waals surface area contributed by atoms with Crippen LogP contribution in [0.1, 0.15) is 16.8 Å². The highest BCUT2D eigenvalue weighted by atomic mass is 16.6. The lowest BCUT2D eigenvalue weighted by Crippen LogP contribution is -2.41. The Morgan fingerprint density at radius 1 is 1.33 bits per heavy atom. The van der Waals surface area contributed by atoms with E-state index in [0.717, 1.165) is 0 Å². The minimum Gasteiger partial charge on any atom is -0.468 e. The number of nitro groups is 1. The van der Waals surface area contributed by atoms with Gasteiger partial charge in [0.25, 0.3) is 5.69 Å². The van der Waals surface area contributed by atoms with E-state index in [9.17, 15) is 19.7 Å². The number of esters is 2. The topological polar surface area (TPSA) is 108 Å². The summed E-state index contributed by atoms with van der Waals surface area (Å²) >= 11 is 0. The van der Waals surface area contributed by atoms with Crippen molar-refractivity contribution in [2.75, 3.05) is 13.7 Å². The van der Waals surface area contributed by atoms with Gasteiger partial charge in [-0.1, -0.05) is 0 Å². The van der Waals surface area contributed by atoms with E-state index >= 15 is 0 Å². The third-order valence-electron chi connectivity index (χ3n) is 3.19. The zero-order valence-corrected chi connectivity index (χ0v) is 11.3. The van der Waals surface area contributed by atoms with Gasteiger partial charge in [0.05, 0.1) is 17.6 Å². The van der Waals surface area contributed by atoms with E-state index in [0.29, 0.717) is 13.0 Å². The number of nitrogens with one attached hydrogen (secondary N) is 1. The van der Waals surface area contributed by atoms with Crippen LogP contribution in [0, 0.1) is 10.1 Å². The minimum absolute atomic E-state index is 0.110. The fourth-order valence-electron chi connectivity index (χ4n) is 2.09. The van der Waals surface area contributed by atoms with Crippen molar-refractivity contribution in [3.63, 3.8) is 0 Å². The summed E-state index contributed by atoms with van der Waals surface area (Å²) in [4.78, 5) is 33.5. The molecule has 1 aromatic rings. The third kappa shape index (κ3) is 3.34. The van der Waals surface area contributed by atoms with Crippen molar-refractivity contribution in [1.29, 1.82) is 0 Å². The molecular formula is C13H14N2O6. The van der Waals surface area contributed by atoms with Gasteiger partial charge in [-0.05, 0) is 25.1 Å². The number of rotatable bonds is 4. The van der Waals surface area contributed by atoms with Gasteiger partial charge in [0, 0.05) is 12.1 Å². The molecule has 21 heavy (non-hydrogen) atoms. The molecule has 8 heteroatoms. The van der Waals surface area contributed by atoms with Crippen molar-refractivity contribution < 1.29 is 24.0 Å². The first-order chi connectivity index (χ1) is 10.0. The van der Waals surface area contributed by atoms with Crippen molar-refractivity contribution in [1.82, 2.24) is 5.32 Å². The molecule has 1 N–H and O–H groups in total. The second-order valence-electron chi connectivity index (χ2n) is 4.49. The lowest BCUT2D eigenvalue weighted by Gasteiger charge is -2.17. The molecule has 0 aromatic heterocycles. The van der Waals surface area contributed by atoms with Gasteiger partial charge in [0.15, 0.2) is 0 Å². The summed E-state index contributed by atoms with van der Waals surface area (Å²) in [5.41, 5.74) is 0.0811. The molecule has 1 heterocycles. The van der Waals surface area contributed by atoms with E-state index in [1.807, 2.05) is 0 Å². The van der Waals surface area contributed by atoms with Crippen LogP contribution in [0.2, 0.25) is 0 Å². The summed E-state index contributed by atoms with van der Waals surface area (Å²) in [6.07, 6.45) is -0.112. The van der Waals surface area contributed by atoms with Crippen LogP contribution < -0.4 is 5.32 Å². The van der Waals surface area contributed by atoms with Crippen LogP contribution in [-0.4, -0.2) is 42.7 Å². The van der Waals surface area contributed by atoms with E-state index in [1.165, 1.54) is 31.4 Å². The molecule has 1 fully saturated rings. The van der Waals surface area contributed by atoms with Crippen LogP contribution in [0.3, 0.4) is 0 Å². The Bertz CT molecular complexity index is 556. The summed E-state index contributed by atoms with van der Waals surface area (Å²) in [5.74, 6) is -1.12. The average Bonchev–Trinajstić information content (AvgIpc) is 2.94. The minimum atomic E-state index is -0.683. The Hall–Kier alpha value is -2.48. The highest BCUT2D eigenvalue weighted by Gasteiger charge is 2.36. The lowest BCUT2D eigenvalue weighted by atomic mass is 10.1. The van der Waals surface area contributed by atoms with Crippen molar-refractivity contribution >= 4 is 17.6 Å². The number of nitrogens with zero attached hydrogens (tertiary/aromatic N) is 1. The predicted octanol–water partition coefficient (Wildman–Crippen LogP) is 0.655. The molecule has 0 radical (unpaired) electrons. The number of carbonyl (C=O) groups is 2. The zero-order chi connectivity index (χ0) is 15.4. The van der Waals surface area contributed by atoms with Crippen molar-refractivity contribution in [2.45, 2.75) is 18.6 Å². The molecule has 1 saturated heterocycles. The molecule has 0 aliphatic carbocycles. The largest absolute Gasteiger partial charge is 0.468 e. The Kier molecular flexibility index (Phi) is 4.49. The third-order valence-corrected chi connectivity index (χ3v) is 3.19. The maximum absolute atomic E-state index is 12.0. The van der Waals surface area contributed by atoms with Crippen LogP contribution >= 0.6 is 0 Å². The number of ether oxygens (including phenoxy) is 2. The number of methoxy groups -OCH3 is 1. The summed E-state index contributed by atoms with van der Waals surface area (Å²) in [6, 6.07) is 4.39. The monoisotopic (exact) mass is 294 g/mol. The second kappa shape index (κ2) is 6.31. The van der Waals surface area contributed by atoms with Crippen LogP contribution in [0.4, 0.5) is 5.69 Å². The summed E-state index contributed by atoms with van der Waals surface area (Å²) in [6.45, 7) is 0.540. The number of hydrogen-bond acceptors (Lipinski definition) is 7. The van der Waals surface area contributed by atoms with Crippen LogP contribution in [-0.2, 0) is 14.3 Å². The van der Waals surface area contributed by atoms with Gasteiger partial charge in [-0.25, -0.2) is 4.79 Å². The Balaban J connectivity index is 2.03. The molecule has 112 valence electrons. The Labute approximate surface area is 120 Å². The lowest BCUT2D eigenvalue weighted by molar-refractivity contribution is -0.384. The molecule has 0 spiro atoms. The highest BCUT2D eigenvalue weighted by molar-refractivity contribution is 5.90. The van der Waals surface area contributed by atoms with Gasteiger partial charge in [0.1, 0.15) is 12.1 Å². The Morgan fingerprint density at radius 2 is 2.00 bits per heavy atom. The van der Waals surface area contributed by atoms with Gasteiger partial charge in [-0.15, -0.1) is 0 Å². The molecule has 0 saturated carbocycles. The fourth-order valence-corrected chi connectivity index (χ4v) is 2.09. The first-order valence-corrected chi connectivity index (χ1v) is 6.29. The smallest absolute Gasteiger partial charge is 0.338 e. The van der Waals surface area contributed by atoms with E-state index in [1.54, 1.807) is 0 Å². The van der Waals surface area contributed by atoms with Crippen molar-refractivity contribution in [2.24, 2.45) is 0 Å². The standard InChI is InChI=1S/C13H14N2O6/c1-20-13(17)11-10(6-7-14-11)21-12(16)8-2-4-9(5-3-8)15(18)19/h2-5,10-11,14H,6-7H2,1H3/t10-,11+/m1/s1. The summed E-state index contributed by atoms with van der Waals surface area (Å²) in [5, 5.41) is 13.4. The molecular weight excluding hydrogens is 280 g/mol. The predicted molar refractivity (Wildman–Crippen MR) is 70.7 cm³/mol. The maximum Gasteiger partial charge on any atom is 0.338 e. The second-order valence-corrected chi connectivity index (χ2v) is 4.49. The van der Waals surface area contributed by atoms with E-state index in [4.69, 9.17) is 4.74 Å².